The van der Waals surface area contributed by atoms with Gasteiger partial charge in [0.1, 0.15) is 0 Å². The number of carbonyl (C=O) groups is 3. The number of hydrogen-bond donors (Lipinski definition) is 2. The minimum absolute atomic E-state index is 0.190. The van der Waals surface area contributed by atoms with Crippen LogP contribution in [0.3, 0.4) is 0 Å². The van der Waals surface area contributed by atoms with Crippen LogP contribution < -0.4 is 10.6 Å². The number of allylic oxidation sites excluding steroid dienone is 1. The van der Waals surface area contributed by atoms with Gasteiger partial charge >= 0.3 is 12.0 Å². The van der Waals surface area contributed by atoms with Gasteiger partial charge in [-0.15, -0.1) is 0 Å². The average Bonchev–Trinajstić information content (AvgIpc) is 2.80. The van der Waals surface area contributed by atoms with Gasteiger partial charge < -0.3 is 15.4 Å². The van der Waals surface area contributed by atoms with E-state index in [9.17, 15) is 14.4 Å². The van der Waals surface area contributed by atoms with Gasteiger partial charge in [0.2, 0.25) is 0 Å². The van der Waals surface area contributed by atoms with Crippen molar-refractivity contribution in [3.05, 3.63) is 76.0 Å². The van der Waals surface area contributed by atoms with E-state index < -0.39 is 12.0 Å². The maximum atomic E-state index is 13.0. The van der Waals surface area contributed by atoms with Crippen LogP contribution >= 0.6 is 11.6 Å². The molecule has 180 valence electrons. The van der Waals surface area contributed by atoms with E-state index in [1.54, 1.807) is 60.4 Å². The van der Waals surface area contributed by atoms with Gasteiger partial charge in [0.15, 0.2) is 0 Å². The Labute approximate surface area is 205 Å². The number of benzene rings is 2. The molecular formula is C26H30ClN3O4. The van der Waals surface area contributed by atoms with Gasteiger partial charge in [-0.3, -0.25) is 9.69 Å². The van der Waals surface area contributed by atoms with E-state index in [1.165, 1.54) is 0 Å². The van der Waals surface area contributed by atoms with Crippen molar-refractivity contribution in [3.63, 3.8) is 0 Å². The zero-order valence-electron chi connectivity index (χ0n) is 19.9. The number of rotatable bonds is 8. The van der Waals surface area contributed by atoms with Gasteiger partial charge in [0.25, 0.3) is 5.91 Å². The Balaban J connectivity index is 1.86. The Hall–Kier alpha value is -3.32. The highest BCUT2D eigenvalue weighted by Gasteiger charge is 2.36. The predicted molar refractivity (Wildman–Crippen MR) is 133 cm³/mol. The first kappa shape index (κ1) is 25.3. The number of urea groups is 1. The maximum Gasteiger partial charge on any atom is 0.338 e. The second-order valence-corrected chi connectivity index (χ2v) is 9.05. The molecule has 0 aliphatic carbocycles. The quantitative estimate of drug-likeness (QED) is 0.482. The fourth-order valence-electron chi connectivity index (χ4n) is 3.70. The van der Waals surface area contributed by atoms with Crippen molar-refractivity contribution in [1.82, 2.24) is 10.2 Å². The molecule has 0 radical (unpaired) electrons. The summed E-state index contributed by atoms with van der Waals surface area (Å²) in [5.41, 5.74) is 2.72. The Kier molecular flexibility index (Phi) is 8.34. The lowest BCUT2D eigenvalue weighted by Crippen LogP contribution is -2.48. The number of halogens is 1. The minimum Gasteiger partial charge on any atom is -0.462 e. The molecule has 0 aromatic heterocycles. The van der Waals surface area contributed by atoms with Crippen LogP contribution in [0.15, 0.2) is 59.8 Å². The van der Waals surface area contributed by atoms with Crippen molar-refractivity contribution in [2.24, 2.45) is 5.92 Å². The molecule has 2 N–H and O–H groups in total. The number of nitrogens with one attached hydrogen (secondary N) is 2. The molecule has 8 heteroatoms. The molecule has 0 bridgehead atoms. The van der Waals surface area contributed by atoms with Gasteiger partial charge in [0, 0.05) is 28.5 Å². The Morgan fingerprint density at radius 2 is 1.88 bits per heavy atom. The molecule has 0 fully saturated rings. The standard InChI is InChI=1S/C26H30ClN3O4/c1-5-13-30-17(4)22(25(32)34-15-16(2)3)23(29-26(30)33)18-9-11-21(12-10-18)28-24(31)19-7-6-8-20(27)14-19/h6-12,14,16,23H,5,13,15H2,1-4H3,(H,28,31)(H,29,33). The van der Waals surface area contributed by atoms with Crippen molar-refractivity contribution in [1.29, 1.82) is 0 Å². The van der Waals surface area contributed by atoms with Crippen LogP contribution in [-0.4, -0.2) is 36.0 Å². The van der Waals surface area contributed by atoms with E-state index in [0.29, 0.717) is 46.3 Å². The highest BCUT2D eigenvalue weighted by Crippen LogP contribution is 2.32. The van der Waals surface area contributed by atoms with E-state index in [-0.39, 0.29) is 17.9 Å². The minimum atomic E-state index is -0.655. The molecule has 2 aromatic rings. The first-order valence-corrected chi connectivity index (χ1v) is 11.7. The van der Waals surface area contributed by atoms with Gasteiger partial charge in [-0.2, -0.15) is 0 Å². The molecule has 3 rings (SSSR count). The highest BCUT2D eigenvalue weighted by atomic mass is 35.5. The molecule has 0 spiro atoms. The second-order valence-electron chi connectivity index (χ2n) is 8.61. The largest absolute Gasteiger partial charge is 0.462 e. The molecule has 34 heavy (non-hydrogen) atoms. The number of ether oxygens (including phenoxy) is 1. The molecule has 1 atom stereocenters. The summed E-state index contributed by atoms with van der Waals surface area (Å²) in [4.78, 5) is 39.9. The third kappa shape index (κ3) is 5.97. The van der Waals surface area contributed by atoms with Gasteiger partial charge in [-0.1, -0.05) is 50.6 Å². The third-order valence-corrected chi connectivity index (χ3v) is 5.63. The molecule has 0 saturated carbocycles. The van der Waals surface area contributed by atoms with Gasteiger partial charge in [-0.25, -0.2) is 9.59 Å². The zero-order valence-corrected chi connectivity index (χ0v) is 20.6. The number of nitrogens with zero attached hydrogens (tertiary/aromatic N) is 1. The summed E-state index contributed by atoms with van der Waals surface area (Å²) < 4.78 is 5.52. The van der Waals surface area contributed by atoms with Crippen molar-refractivity contribution in [2.75, 3.05) is 18.5 Å². The van der Waals surface area contributed by atoms with Crippen molar-refractivity contribution in [2.45, 2.75) is 40.2 Å². The topological polar surface area (TPSA) is 87.7 Å². The number of esters is 1. The number of hydrogen-bond acceptors (Lipinski definition) is 4. The second kappa shape index (κ2) is 11.2. The van der Waals surface area contributed by atoms with Crippen molar-refractivity contribution < 1.29 is 19.1 Å². The summed E-state index contributed by atoms with van der Waals surface area (Å²) in [6.45, 7) is 8.47. The number of carbonyl (C=O) groups excluding carboxylic acids is 3. The lowest BCUT2D eigenvalue weighted by molar-refractivity contribution is -0.140. The number of amides is 3. The van der Waals surface area contributed by atoms with Gasteiger partial charge in [0.05, 0.1) is 18.2 Å². The van der Waals surface area contributed by atoms with Crippen LogP contribution in [0.1, 0.15) is 56.1 Å². The number of anilines is 1. The van der Waals surface area contributed by atoms with E-state index in [2.05, 4.69) is 10.6 Å². The SMILES string of the molecule is CCCN1C(=O)NC(c2ccc(NC(=O)c3cccc(Cl)c3)cc2)C(C(=O)OCC(C)C)=C1C. The summed E-state index contributed by atoms with van der Waals surface area (Å²) in [6.07, 6.45) is 0.755. The van der Waals surface area contributed by atoms with Crippen molar-refractivity contribution in [3.8, 4) is 0 Å². The molecule has 1 unspecified atom stereocenters. The molecule has 7 nitrogen and oxygen atoms in total. The normalized spacial score (nSPS) is 15.9. The summed E-state index contributed by atoms with van der Waals surface area (Å²) in [7, 11) is 0. The molecule has 1 heterocycles. The molecule has 2 aromatic carbocycles. The summed E-state index contributed by atoms with van der Waals surface area (Å²) in [5.74, 6) is -0.545. The molecular weight excluding hydrogens is 454 g/mol. The van der Waals surface area contributed by atoms with Gasteiger partial charge in [-0.05, 0) is 55.2 Å². The van der Waals surface area contributed by atoms with E-state index in [4.69, 9.17) is 16.3 Å². The van der Waals surface area contributed by atoms with Crippen LogP contribution in [0, 0.1) is 5.92 Å². The first-order valence-electron chi connectivity index (χ1n) is 11.3. The van der Waals surface area contributed by atoms with Crippen LogP contribution in [0.4, 0.5) is 10.5 Å². The third-order valence-electron chi connectivity index (χ3n) is 5.40. The zero-order chi connectivity index (χ0) is 24.8. The van der Waals surface area contributed by atoms with E-state index >= 15 is 0 Å². The molecule has 3 amide bonds. The monoisotopic (exact) mass is 483 g/mol. The molecule has 0 saturated heterocycles. The van der Waals surface area contributed by atoms with Crippen LogP contribution in [0.5, 0.6) is 0 Å². The highest BCUT2D eigenvalue weighted by molar-refractivity contribution is 6.31. The van der Waals surface area contributed by atoms with Crippen LogP contribution in [0.25, 0.3) is 0 Å². The molecule has 1 aliphatic rings. The lowest BCUT2D eigenvalue weighted by atomic mass is 9.94. The van der Waals surface area contributed by atoms with Crippen LogP contribution in [-0.2, 0) is 9.53 Å². The van der Waals surface area contributed by atoms with E-state index in [0.717, 1.165) is 6.42 Å². The fraction of sp³-hybridized carbons (Fsp3) is 0.346. The Bertz CT molecular complexity index is 1100. The fourth-order valence-corrected chi connectivity index (χ4v) is 3.89. The Morgan fingerprint density at radius 1 is 1.18 bits per heavy atom. The van der Waals surface area contributed by atoms with Crippen molar-refractivity contribution >= 4 is 35.2 Å². The summed E-state index contributed by atoms with van der Waals surface area (Å²) in [5, 5.41) is 6.24. The summed E-state index contributed by atoms with van der Waals surface area (Å²) >= 11 is 5.97. The predicted octanol–water partition coefficient (Wildman–Crippen LogP) is 5.54. The molecule has 1 aliphatic heterocycles. The smallest absolute Gasteiger partial charge is 0.338 e. The first-order chi connectivity index (χ1) is 16.2. The van der Waals surface area contributed by atoms with E-state index in [1.807, 2.05) is 20.8 Å². The lowest BCUT2D eigenvalue weighted by Gasteiger charge is -2.35. The average molecular weight is 484 g/mol. The van der Waals surface area contributed by atoms with Crippen LogP contribution in [0.2, 0.25) is 5.02 Å². The Morgan fingerprint density at radius 3 is 2.50 bits per heavy atom. The summed E-state index contributed by atoms with van der Waals surface area (Å²) in [6, 6.07) is 12.8. The maximum absolute atomic E-state index is 13.0.